The first-order chi connectivity index (χ1) is 12.6. The molecule has 26 heavy (non-hydrogen) atoms. The lowest BCUT2D eigenvalue weighted by molar-refractivity contribution is 0.0531. The molecule has 1 aromatic carbocycles. The molecule has 1 aromatic heterocycles. The van der Waals surface area contributed by atoms with Gasteiger partial charge in [0.25, 0.3) is 11.8 Å². The van der Waals surface area contributed by atoms with Crippen LogP contribution in [0.5, 0.6) is 0 Å². The van der Waals surface area contributed by atoms with Crippen molar-refractivity contribution in [2.24, 2.45) is 0 Å². The van der Waals surface area contributed by atoms with E-state index in [-0.39, 0.29) is 11.8 Å². The Labute approximate surface area is 153 Å². The summed E-state index contributed by atoms with van der Waals surface area (Å²) in [6, 6.07) is 9.58. The summed E-state index contributed by atoms with van der Waals surface area (Å²) in [4.78, 5) is 29.1. The number of aryl methyl sites for hydroxylation is 3. The Bertz CT molecular complexity index is 811. The van der Waals surface area contributed by atoms with Crippen molar-refractivity contribution in [2.75, 3.05) is 26.2 Å². The van der Waals surface area contributed by atoms with Crippen LogP contribution >= 0.6 is 0 Å². The van der Waals surface area contributed by atoms with Crippen molar-refractivity contribution >= 4 is 11.8 Å². The quantitative estimate of drug-likeness (QED) is 0.832. The van der Waals surface area contributed by atoms with Crippen LogP contribution in [0.1, 0.15) is 44.9 Å². The van der Waals surface area contributed by atoms with E-state index in [0.717, 1.165) is 36.2 Å². The fourth-order valence-electron chi connectivity index (χ4n) is 3.78. The van der Waals surface area contributed by atoms with Crippen LogP contribution in [0.2, 0.25) is 0 Å². The third kappa shape index (κ3) is 3.11. The molecule has 0 aliphatic carbocycles. The third-order valence-corrected chi connectivity index (χ3v) is 5.36. The second-order valence-corrected chi connectivity index (χ2v) is 7.10. The van der Waals surface area contributed by atoms with Crippen molar-refractivity contribution in [1.82, 2.24) is 19.6 Å². The molecule has 2 amide bonds. The highest BCUT2D eigenvalue weighted by Gasteiger charge is 2.28. The van der Waals surface area contributed by atoms with Gasteiger partial charge in [0.2, 0.25) is 0 Å². The molecule has 0 saturated carbocycles. The minimum atomic E-state index is -0.0186. The van der Waals surface area contributed by atoms with E-state index in [1.807, 2.05) is 51.7 Å². The first-order valence-electron chi connectivity index (χ1n) is 9.34. The van der Waals surface area contributed by atoms with Gasteiger partial charge in [-0.05, 0) is 43.9 Å². The summed E-state index contributed by atoms with van der Waals surface area (Å²) in [6.07, 6.45) is 3.29. The zero-order valence-corrected chi connectivity index (χ0v) is 15.1. The maximum absolute atomic E-state index is 12.8. The van der Waals surface area contributed by atoms with Crippen LogP contribution in [0.4, 0.5) is 0 Å². The van der Waals surface area contributed by atoms with E-state index >= 15 is 0 Å². The summed E-state index contributed by atoms with van der Waals surface area (Å²) in [5.74, 6) is 0.0301. The van der Waals surface area contributed by atoms with Gasteiger partial charge in [-0.1, -0.05) is 18.2 Å². The highest BCUT2D eigenvalue weighted by molar-refractivity contribution is 5.96. The number of nitrogens with zero attached hydrogens (tertiary/aromatic N) is 4. The van der Waals surface area contributed by atoms with Crippen LogP contribution in [0.3, 0.4) is 0 Å². The largest absolute Gasteiger partial charge is 0.335 e. The molecule has 3 heterocycles. The number of piperazine rings is 1. The van der Waals surface area contributed by atoms with Crippen LogP contribution in [-0.2, 0) is 13.0 Å². The Kier molecular flexibility index (Phi) is 4.49. The molecule has 6 heteroatoms. The number of fused-ring (bicyclic) bond motifs is 1. The van der Waals surface area contributed by atoms with E-state index in [1.54, 1.807) is 0 Å². The monoisotopic (exact) mass is 352 g/mol. The average molecular weight is 352 g/mol. The molecule has 1 fully saturated rings. The Morgan fingerprint density at radius 2 is 1.62 bits per heavy atom. The van der Waals surface area contributed by atoms with Gasteiger partial charge in [0, 0.05) is 44.0 Å². The third-order valence-electron chi connectivity index (χ3n) is 5.36. The van der Waals surface area contributed by atoms with Crippen LogP contribution in [0.25, 0.3) is 0 Å². The summed E-state index contributed by atoms with van der Waals surface area (Å²) in [6.45, 7) is 5.09. The molecule has 2 aliphatic heterocycles. The smallest absolute Gasteiger partial charge is 0.274 e. The van der Waals surface area contributed by atoms with Gasteiger partial charge in [-0.3, -0.25) is 14.3 Å². The maximum Gasteiger partial charge on any atom is 0.274 e. The predicted molar refractivity (Wildman–Crippen MR) is 98.2 cm³/mol. The molecule has 0 radical (unpaired) electrons. The van der Waals surface area contributed by atoms with Crippen molar-refractivity contribution in [1.29, 1.82) is 0 Å². The van der Waals surface area contributed by atoms with Gasteiger partial charge in [-0.15, -0.1) is 0 Å². The highest BCUT2D eigenvalue weighted by Crippen LogP contribution is 2.18. The Balaban J connectivity index is 1.40. The van der Waals surface area contributed by atoms with Gasteiger partial charge in [0.1, 0.15) is 0 Å². The number of hydrogen-bond donors (Lipinski definition) is 0. The number of aromatic nitrogens is 2. The highest BCUT2D eigenvalue weighted by atomic mass is 16.2. The van der Waals surface area contributed by atoms with Gasteiger partial charge in [-0.25, -0.2) is 0 Å². The summed E-state index contributed by atoms with van der Waals surface area (Å²) in [7, 11) is 0. The number of benzene rings is 1. The van der Waals surface area contributed by atoms with E-state index in [0.29, 0.717) is 31.9 Å². The minimum absolute atomic E-state index is 0.0186. The predicted octanol–water partition coefficient (Wildman–Crippen LogP) is 2.13. The van der Waals surface area contributed by atoms with Gasteiger partial charge >= 0.3 is 0 Å². The van der Waals surface area contributed by atoms with Crippen LogP contribution in [0.15, 0.2) is 30.3 Å². The average Bonchev–Trinajstić information content (AvgIpc) is 3.11. The molecule has 4 rings (SSSR count). The van der Waals surface area contributed by atoms with E-state index < -0.39 is 0 Å². The number of amides is 2. The van der Waals surface area contributed by atoms with Crippen molar-refractivity contribution in [3.05, 3.63) is 52.8 Å². The summed E-state index contributed by atoms with van der Waals surface area (Å²) >= 11 is 0. The molecule has 0 N–H and O–H groups in total. The van der Waals surface area contributed by atoms with Crippen molar-refractivity contribution in [2.45, 2.75) is 32.7 Å². The zero-order chi connectivity index (χ0) is 18.1. The molecule has 1 saturated heterocycles. The van der Waals surface area contributed by atoms with Gasteiger partial charge < -0.3 is 9.80 Å². The van der Waals surface area contributed by atoms with Gasteiger partial charge in [-0.2, -0.15) is 5.10 Å². The van der Waals surface area contributed by atoms with Crippen molar-refractivity contribution in [3.8, 4) is 0 Å². The molecule has 0 unspecified atom stereocenters. The molecular formula is C20H24N4O2. The van der Waals surface area contributed by atoms with Crippen molar-refractivity contribution < 1.29 is 9.59 Å². The molecular weight excluding hydrogens is 328 g/mol. The molecule has 0 bridgehead atoms. The first kappa shape index (κ1) is 16.8. The fourth-order valence-corrected chi connectivity index (χ4v) is 3.78. The van der Waals surface area contributed by atoms with Crippen molar-refractivity contribution in [3.63, 3.8) is 0 Å². The Hall–Kier alpha value is -2.63. The van der Waals surface area contributed by atoms with Crippen LogP contribution in [-0.4, -0.2) is 57.6 Å². The minimum Gasteiger partial charge on any atom is -0.335 e. The second kappa shape index (κ2) is 6.94. The number of rotatable bonds is 2. The SMILES string of the molecule is Cc1ccccc1C(=O)N1CCN(C(=O)c2cc3n(n2)CCCC3)CC1. The van der Waals surface area contributed by atoms with Crippen LogP contribution in [0, 0.1) is 6.92 Å². The summed E-state index contributed by atoms with van der Waals surface area (Å²) < 4.78 is 1.97. The molecule has 136 valence electrons. The molecule has 0 spiro atoms. The van der Waals surface area contributed by atoms with Gasteiger partial charge in [0.05, 0.1) is 0 Å². The molecule has 2 aliphatic rings. The number of hydrogen-bond acceptors (Lipinski definition) is 3. The summed E-state index contributed by atoms with van der Waals surface area (Å²) in [5, 5.41) is 4.48. The standard InChI is InChI=1S/C20H24N4O2/c1-15-6-2-3-8-17(15)19(25)22-10-12-23(13-11-22)20(26)18-14-16-7-4-5-9-24(16)21-18/h2-3,6,8,14H,4-5,7,9-13H2,1H3. The number of carbonyl (C=O) groups excluding carboxylic acids is 2. The lowest BCUT2D eigenvalue weighted by Gasteiger charge is -2.34. The lowest BCUT2D eigenvalue weighted by atomic mass is 10.1. The van der Waals surface area contributed by atoms with E-state index in [2.05, 4.69) is 5.10 Å². The molecule has 0 atom stereocenters. The lowest BCUT2D eigenvalue weighted by Crippen LogP contribution is -2.50. The molecule has 2 aromatic rings. The second-order valence-electron chi connectivity index (χ2n) is 7.10. The number of carbonyl (C=O) groups is 2. The fraction of sp³-hybridized carbons (Fsp3) is 0.450. The first-order valence-corrected chi connectivity index (χ1v) is 9.34. The van der Waals surface area contributed by atoms with E-state index in [4.69, 9.17) is 0 Å². The maximum atomic E-state index is 12.8. The molecule has 6 nitrogen and oxygen atoms in total. The topological polar surface area (TPSA) is 58.4 Å². The van der Waals surface area contributed by atoms with Gasteiger partial charge in [0.15, 0.2) is 5.69 Å². The summed E-state index contributed by atoms with van der Waals surface area (Å²) in [5.41, 5.74) is 3.43. The zero-order valence-electron chi connectivity index (χ0n) is 15.1. The van der Waals surface area contributed by atoms with E-state index in [1.165, 1.54) is 6.42 Å². The Morgan fingerprint density at radius 1 is 0.923 bits per heavy atom. The van der Waals surface area contributed by atoms with Crippen LogP contribution < -0.4 is 0 Å². The van der Waals surface area contributed by atoms with E-state index in [9.17, 15) is 9.59 Å². The normalized spacial score (nSPS) is 17.1. The Morgan fingerprint density at radius 3 is 2.31 bits per heavy atom.